The van der Waals surface area contributed by atoms with Crippen molar-refractivity contribution >= 4 is 11.0 Å². The number of phenolic OH excluding ortho intramolecular Hbond substituents is 1. The van der Waals surface area contributed by atoms with Crippen LogP contribution in [0.4, 0.5) is 0 Å². The molecular formula is C15H14N2O. The summed E-state index contributed by atoms with van der Waals surface area (Å²) in [4.78, 5) is 7.73. The Kier molecular flexibility index (Phi) is 2.52. The lowest BCUT2D eigenvalue weighted by Gasteiger charge is -1.98. The van der Waals surface area contributed by atoms with Gasteiger partial charge in [0.1, 0.15) is 11.6 Å². The summed E-state index contributed by atoms with van der Waals surface area (Å²) in [6.07, 6.45) is 0.774. The molecule has 0 unspecified atom stereocenters. The molecule has 0 saturated heterocycles. The summed E-state index contributed by atoms with van der Waals surface area (Å²) < 4.78 is 0. The van der Waals surface area contributed by atoms with E-state index in [0.717, 1.165) is 23.3 Å². The highest BCUT2D eigenvalue weighted by atomic mass is 16.3. The van der Waals surface area contributed by atoms with E-state index in [1.54, 1.807) is 12.1 Å². The summed E-state index contributed by atoms with van der Waals surface area (Å²) in [6.45, 7) is 2.08. The standard InChI is InChI=1S/C15H14N2O/c1-10-2-4-11(5-3-10)8-15-16-13-7-6-12(18)9-14(13)17-15/h2-7,9,18H,8H2,1H3,(H,16,17). The van der Waals surface area contributed by atoms with Crippen LogP contribution in [0.5, 0.6) is 5.75 Å². The van der Waals surface area contributed by atoms with Gasteiger partial charge in [0, 0.05) is 12.5 Å². The van der Waals surface area contributed by atoms with Gasteiger partial charge in [0.2, 0.25) is 0 Å². The number of hydrogen-bond donors (Lipinski definition) is 2. The van der Waals surface area contributed by atoms with Crippen LogP contribution in [0.1, 0.15) is 17.0 Å². The van der Waals surface area contributed by atoms with E-state index >= 15 is 0 Å². The highest BCUT2D eigenvalue weighted by Gasteiger charge is 2.04. The number of aryl methyl sites for hydroxylation is 1. The number of benzene rings is 2. The van der Waals surface area contributed by atoms with Gasteiger partial charge in [-0.2, -0.15) is 0 Å². The fraction of sp³-hybridized carbons (Fsp3) is 0.133. The van der Waals surface area contributed by atoms with Crippen molar-refractivity contribution in [1.29, 1.82) is 0 Å². The molecule has 0 bridgehead atoms. The number of aromatic hydroxyl groups is 1. The first-order chi connectivity index (χ1) is 8.70. The first-order valence-electron chi connectivity index (χ1n) is 5.94. The van der Waals surface area contributed by atoms with Crippen LogP contribution in [0.15, 0.2) is 42.5 Å². The molecule has 0 radical (unpaired) electrons. The molecule has 18 heavy (non-hydrogen) atoms. The van der Waals surface area contributed by atoms with Crippen molar-refractivity contribution in [3.63, 3.8) is 0 Å². The Bertz CT molecular complexity index is 683. The predicted molar refractivity (Wildman–Crippen MR) is 71.7 cm³/mol. The molecule has 3 aromatic rings. The number of imidazole rings is 1. The quantitative estimate of drug-likeness (QED) is 0.720. The Hall–Kier alpha value is -2.29. The molecule has 1 aromatic heterocycles. The molecule has 0 spiro atoms. The molecule has 90 valence electrons. The largest absolute Gasteiger partial charge is 0.508 e. The van der Waals surface area contributed by atoms with Crippen LogP contribution in [0, 0.1) is 6.92 Å². The van der Waals surface area contributed by atoms with Crippen LogP contribution in [0.25, 0.3) is 11.0 Å². The minimum absolute atomic E-state index is 0.257. The van der Waals surface area contributed by atoms with E-state index in [1.807, 2.05) is 6.07 Å². The highest BCUT2D eigenvalue weighted by Crippen LogP contribution is 2.19. The molecule has 0 amide bonds. The van der Waals surface area contributed by atoms with E-state index in [1.165, 1.54) is 11.1 Å². The van der Waals surface area contributed by atoms with Crippen LogP contribution < -0.4 is 0 Å². The number of H-pyrrole nitrogens is 1. The fourth-order valence-corrected chi connectivity index (χ4v) is 2.03. The molecule has 0 atom stereocenters. The molecule has 0 aliphatic carbocycles. The summed E-state index contributed by atoms with van der Waals surface area (Å²) in [5, 5.41) is 9.41. The molecule has 3 rings (SSSR count). The number of fused-ring (bicyclic) bond motifs is 1. The normalized spacial score (nSPS) is 10.9. The third-order valence-corrected chi connectivity index (χ3v) is 3.01. The summed E-state index contributed by atoms with van der Waals surface area (Å²) in [5.41, 5.74) is 4.24. The number of aromatic nitrogens is 2. The molecule has 0 fully saturated rings. The number of aromatic amines is 1. The van der Waals surface area contributed by atoms with Gasteiger partial charge < -0.3 is 10.1 Å². The van der Waals surface area contributed by atoms with Gasteiger partial charge in [-0.3, -0.25) is 0 Å². The van der Waals surface area contributed by atoms with Gasteiger partial charge in [0.05, 0.1) is 11.0 Å². The molecule has 0 saturated carbocycles. The van der Waals surface area contributed by atoms with Crippen molar-refractivity contribution in [3.8, 4) is 5.75 Å². The minimum atomic E-state index is 0.257. The second kappa shape index (κ2) is 4.18. The van der Waals surface area contributed by atoms with Gasteiger partial charge >= 0.3 is 0 Å². The first kappa shape index (κ1) is 10.8. The number of nitrogens with one attached hydrogen (secondary N) is 1. The minimum Gasteiger partial charge on any atom is -0.508 e. The van der Waals surface area contributed by atoms with Crippen molar-refractivity contribution in [3.05, 3.63) is 59.4 Å². The van der Waals surface area contributed by atoms with Crippen LogP contribution in [-0.2, 0) is 6.42 Å². The second-order valence-corrected chi connectivity index (χ2v) is 4.55. The zero-order valence-corrected chi connectivity index (χ0v) is 10.1. The van der Waals surface area contributed by atoms with E-state index in [0.29, 0.717) is 0 Å². The van der Waals surface area contributed by atoms with Crippen LogP contribution in [0.2, 0.25) is 0 Å². The maximum absolute atomic E-state index is 9.41. The van der Waals surface area contributed by atoms with Crippen molar-refractivity contribution in [2.45, 2.75) is 13.3 Å². The van der Waals surface area contributed by atoms with Gasteiger partial charge in [0.15, 0.2) is 0 Å². The molecular weight excluding hydrogens is 224 g/mol. The van der Waals surface area contributed by atoms with E-state index < -0.39 is 0 Å². The Morgan fingerprint density at radius 1 is 1.11 bits per heavy atom. The van der Waals surface area contributed by atoms with Crippen LogP contribution in [0.3, 0.4) is 0 Å². The summed E-state index contributed by atoms with van der Waals surface area (Å²) in [5.74, 6) is 1.17. The number of rotatable bonds is 2. The van der Waals surface area contributed by atoms with E-state index in [-0.39, 0.29) is 5.75 Å². The second-order valence-electron chi connectivity index (χ2n) is 4.55. The van der Waals surface area contributed by atoms with Gasteiger partial charge in [-0.1, -0.05) is 29.8 Å². The van der Waals surface area contributed by atoms with Gasteiger partial charge in [-0.25, -0.2) is 4.98 Å². The number of hydrogen-bond acceptors (Lipinski definition) is 2. The zero-order chi connectivity index (χ0) is 12.5. The van der Waals surface area contributed by atoms with Crippen molar-refractivity contribution in [2.24, 2.45) is 0 Å². The van der Waals surface area contributed by atoms with Crippen molar-refractivity contribution in [2.75, 3.05) is 0 Å². The van der Waals surface area contributed by atoms with Crippen LogP contribution in [-0.4, -0.2) is 15.1 Å². The lowest BCUT2D eigenvalue weighted by Crippen LogP contribution is -1.90. The summed E-state index contributed by atoms with van der Waals surface area (Å²) in [6, 6.07) is 13.6. The predicted octanol–water partition coefficient (Wildman–Crippen LogP) is 3.17. The Morgan fingerprint density at radius 3 is 2.67 bits per heavy atom. The number of phenols is 1. The lowest BCUT2D eigenvalue weighted by molar-refractivity contribution is 0.476. The van der Waals surface area contributed by atoms with Gasteiger partial charge in [-0.15, -0.1) is 0 Å². The third kappa shape index (κ3) is 2.07. The topological polar surface area (TPSA) is 48.9 Å². The Labute approximate surface area is 105 Å². The summed E-state index contributed by atoms with van der Waals surface area (Å²) in [7, 11) is 0. The SMILES string of the molecule is Cc1ccc(Cc2nc3ccc(O)cc3[nH]2)cc1. The van der Waals surface area contributed by atoms with Crippen molar-refractivity contribution in [1.82, 2.24) is 9.97 Å². The van der Waals surface area contributed by atoms with E-state index in [2.05, 4.69) is 41.2 Å². The lowest BCUT2D eigenvalue weighted by atomic mass is 10.1. The Balaban J connectivity index is 1.92. The zero-order valence-electron chi connectivity index (χ0n) is 10.1. The summed E-state index contributed by atoms with van der Waals surface area (Å²) >= 11 is 0. The van der Waals surface area contributed by atoms with Gasteiger partial charge in [-0.05, 0) is 24.6 Å². The average molecular weight is 238 g/mol. The highest BCUT2D eigenvalue weighted by molar-refractivity contribution is 5.76. The van der Waals surface area contributed by atoms with Crippen molar-refractivity contribution < 1.29 is 5.11 Å². The number of nitrogens with zero attached hydrogens (tertiary/aromatic N) is 1. The monoisotopic (exact) mass is 238 g/mol. The molecule has 3 nitrogen and oxygen atoms in total. The molecule has 2 aromatic carbocycles. The van der Waals surface area contributed by atoms with Gasteiger partial charge in [0.25, 0.3) is 0 Å². The molecule has 2 N–H and O–H groups in total. The van der Waals surface area contributed by atoms with E-state index in [4.69, 9.17) is 0 Å². The maximum atomic E-state index is 9.41. The molecule has 0 aliphatic rings. The molecule has 3 heteroatoms. The maximum Gasteiger partial charge on any atom is 0.117 e. The molecule has 1 heterocycles. The molecule has 0 aliphatic heterocycles. The smallest absolute Gasteiger partial charge is 0.117 e. The first-order valence-corrected chi connectivity index (χ1v) is 5.94. The average Bonchev–Trinajstić information content (AvgIpc) is 2.73. The fourth-order valence-electron chi connectivity index (χ4n) is 2.03. The Morgan fingerprint density at radius 2 is 1.89 bits per heavy atom. The van der Waals surface area contributed by atoms with E-state index in [9.17, 15) is 5.11 Å². The third-order valence-electron chi connectivity index (χ3n) is 3.01. The van der Waals surface area contributed by atoms with Crippen LogP contribution >= 0.6 is 0 Å².